The number of carbonyl (C=O) groups excluding carboxylic acids is 1. The van der Waals surface area contributed by atoms with Crippen molar-refractivity contribution in [2.45, 2.75) is 25.8 Å². The van der Waals surface area contributed by atoms with Crippen LogP contribution < -0.4 is 4.90 Å². The minimum Gasteiger partial charge on any atom is -0.309 e. The summed E-state index contributed by atoms with van der Waals surface area (Å²) in [6.45, 7) is 3.20. The Morgan fingerprint density at radius 3 is 2.60 bits per heavy atom. The predicted octanol–water partition coefficient (Wildman–Crippen LogP) is 2.63. The summed E-state index contributed by atoms with van der Waals surface area (Å²) in [5, 5.41) is 0. The van der Waals surface area contributed by atoms with Crippen molar-refractivity contribution in [3.63, 3.8) is 0 Å². The fraction of sp³-hybridized carbons (Fsp3) is 0.421. The summed E-state index contributed by atoms with van der Waals surface area (Å²) in [5.74, 6) is -0.0309. The quantitative estimate of drug-likeness (QED) is 0.862. The summed E-state index contributed by atoms with van der Waals surface area (Å²) < 4.78 is 13.1. The Morgan fingerprint density at radius 2 is 1.84 bits per heavy atom. The fourth-order valence-corrected chi connectivity index (χ4v) is 4.09. The van der Waals surface area contributed by atoms with Crippen LogP contribution in [0.3, 0.4) is 0 Å². The third-order valence-corrected chi connectivity index (χ3v) is 5.35. The molecule has 2 saturated heterocycles. The monoisotopic (exact) mass is 340 g/mol. The highest BCUT2D eigenvalue weighted by Gasteiger charge is 2.49. The second-order valence-electron chi connectivity index (χ2n) is 7.02. The average Bonchev–Trinajstić information content (AvgIpc) is 2.94. The van der Waals surface area contributed by atoms with Crippen LogP contribution in [0.4, 0.5) is 10.1 Å². The maximum absolute atomic E-state index is 13.1. The first-order valence-corrected chi connectivity index (χ1v) is 8.70. The first kappa shape index (κ1) is 16.1. The number of anilines is 1. The second-order valence-corrected chi connectivity index (χ2v) is 7.02. The predicted molar refractivity (Wildman–Crippen MR) is 92.3 cm³/mol. The molecule has 2 aromatic rings. The van der Waals surface area contributed by atoms with E-state index in [0.29, 0.717) is 0 Å². The number of nitrogens with zero attached hydrogens (tertiary/aromatic N) is 4. The number of benzene rings is 1. The molecule has 1 spiro atoms. The van der Waals surface area contributed by atoms with Gasteiger partial charge in [-0.2, -0.15) is 0 Å². The van der Waals surface area contributed by atoms with Gasteiger partial charge in [0.2, 0.25) is 5.91 Å². The van der Waals surface area contributed by atoms with Crippen LogP contribution in [-0.2, 0) is 11.3 Å². The molecule has 2 aliphatic heterocycles. The molecule has 3 heterocycles. The van der Waals surface area contributed by atoms with Gasteiger partial charge in [0, 0.05) is 19.6 Å². The lowest BCUT2D eigenvalue weighted by Crippen LogP contribution is -2.47. The van der Waals surface area contributed by atoms with Gasteiger partial charge in [-0.1, -0.05) is 12.1 Å². The van der Waals surface area contributed by atoms with Crippen molar-refractivity contribution in [2.24, 2.45) is 5.41 Å². The topological polar surface area (TPSA) is 49.3 Å². The molecule has 2 fully saturated rings. The zero-order valence-electron chi connectivity index (χ0n) is 14.1. The Balaban J connectivity index is 1.48. The Morgan fingerprint density at radius 1 is 1.08 bits per heavy atom. The first-order chi connectivity index (χ1) is 12.2. The molecule has 0 aliphatic carbocycles. The molecule has 25 heavy (non-hydrogen) atoms. The summed E-state index contributed by atoms with van der Waals surface area (Å²) in [4.78, 5) is 25.3. The molecule has 1 aromatic carbocycles. The maximum atomic E-state index is 13.1. The first-order valence-electron chi connectivity index (χ1n) is 8.70. The molecule has 1 amide bonds. The normalized spacial score (nSPS) is 24.2. The SMILES string of the molecule is O=C1N(c2cncnc2)CCC12CCCN(Cc1ccc(F)cc1)C2. The average molecular weight is 340 g/mol. The molecule has 0 saturated carbocycles. The molecule has 0 N–H and O–H groups in total. The Labute approximate surface area is 146 Å². The van der Waals surface area contributed by atoms with Crippen LogP contribution in [-0.4, -0.2) is 40.4 Å². The van der Waals surface area contributed by atoms with Crippen LogP contribution in [0.1, 0.15) is 24.8 Å². The third-order valence-electron chi connectivity index (χ3n) is 5.35. The summed E-state index contributed by atoms with van der Waals surface area (Å²) in [7, 11) is 0. The molecule has 130 valence electrons. The van der Waals surface area contributed by atoms with Crippen molar-refractivity contribution in [3.8, 4) is 0 Å². The van der Waals surface area contributed by atoms with E-state index in [1.165, 1.54) is 18.5 Å². The minimum absolute atomic E-state index is 0.186. The van der Waals surface area contributed by atoms with Crippen molar-refractivity contribution in [3.05, 3.63) is 54.4 Å². The van der Waals surface area contributed by atoms with Gasteiger partial charge in [0.1, 0.15) is 12.1 Å². The molecule has 0 radical (unpaired) electrons. The van der Waals surface area contributed by atoms with E-state index in [9.17, 15) is 9.18 Å². The molecule has 6 heteroatoms. The van der Waals surface area contributed by atoms with E-state index in [1.807, 2.05) is 17.0 Å². The van der Waals surface area contributed by atoms with Gasteiger partial charge in [0.05, 0.1) is 23.5 Å². The van der Waals surface area contributed by atoms with Crippen molar-refractivity contribution < 1.29 is 9.18 Å². The fourth-order valence-electron chi connectivity index (χ4n) is 4.09. The summed E-state index contributed by atoms with van der Waals surface area (Å²) >= 11 is 0. The number of rotatable bonds is 3. The van der Waals surface area contributed by atoms with Gasteiger partial charge in [-0.3, -0.25) is 9.69 Å². The Bertz CT molecular complexity index is 752. The molecule has 5 nitrogen and oxygen atoms in total. The highest BCUT2D eigenvalue weighted by molar-refractivity contribution is 5.99. The van der Waals surface area contributed by atoms with Gasteiger partial charge < -0.3 is 4.90 Å². The molecule has 1 atom stereocenters. The molecule has 1 unspecified atom stereocenters. The Hall–Kier alpha value is -2.34. The maximum Gasteiger partial charge on any atom is 0.234 e. The highest BCUT2D eigenvalue weighted by Crippen LogP contribution is 2.41. The van der Waals surface area contributed by atoms with Gasteiger partial charge in [-0.15, -0.1) is 0 Å². The van der Waals surface area contributed by atoms with Crippen LogP contribution in [0.15, 0.2) is 43.0 Å². The van der Waals surface area contributed by atoms with E-state index in [0.717, 1.165) is 56.7 Å². The summed E-state index contributed by atoms with van der Waals surface area (Å²) in [6.07, 6.45) is 7.67. The standard InChI is InChI=1S/C19H21FN4O/c20-16-4-2-15(3-5-16)12-23-8-1-6-19(13-23)7-9-24(18(19)25)17-10-21-14-22-11-17/h2-5,10-11,14H,1,6-9,12-13H2. The van der Waals surface area contributed by atoms with Crippen LogP contribution in [0.2, 0.25) is 0 Å². The van der Waals surface area contributed by atoms with E-state index in [4.69, 9.17) is 0 Å². The largest absolute Gasteiger partial charge is 0.309 e. The van der Waals surface area contributed by atoms with E-state index in [2.05, 4.69) is 14.9 Å². The van der Waals surface area contributed by atoms with E-state index in [1.54, 1.807) is 12.4 Å². The molecule has 0 bridgehead atoms. The number of halogens is 1. The Kier molecular flexibility index (Phi) is 4.21. The zero-order chi connectivity index (χ0) is 17.3. The van der Waals surface area contributed by atoms with Gasteiger partial charge in [-0.05, 0) is 43.5 Å². The highest BCUT2D eigenvalue weighted by atomic mass is 19.1. The van der Waals surface area contributed by atoms with Crippen LogP contribution >= 0.6 is 0 Å². The zero-order valence-corrected chi connectivity index (χ0v) is 14.1. The molecule has 2 aliphatic rings. The lowest BCUT2D eigenvalue weighted by atomic mass is 9.78. The number of piperidine rings is 1. The van der Waals surface area contributed by atoms with E-state index in [-0.39, 0.29) is 17.1 Å². The summed E-state index contributed by atoms with van der Waals surface area (Å²) in [6, 6.07) is 6.63. The third kappa shape index (κ3) is 3.14. The number of amides is 1. The molecular weight excluding hydrogens is 319 g/mol. The lowest BCUT2D eigenvalue weighted by Gasteiger charge is -2.39. The second kappa shape index (κ2) is 6.52. The smallest absolute Gasteiger partial charge is 0.234 e. The lowest BCUT2D eigenvalue weighted by molar-refractivity contribution is -0.128. The molecule has 4 rings (SSSR count). The van der Waals surface area contributed by atoms with E-state index < -0.39 is 0 Å². The summed E-state index contributed by atoms with van der Waals surface area (Å²) in [5.41, 5.74) is 1.55. The number of carbonyl (C=O) groups is 1. The van der Waals surface area contributed by atoms with Gasteiger partial charge in [-0.25, -0.2) is 14.4 Å². The van der Waals surface area contributed by atoms with Gasteiger partial charge in [0.15, 0.2) is 0 Å². The minimum atomic E-state index is -0.311. The number of hydrogen-bond acceptors (Lipinski definition) is 4. The van der Waals surface area contributed by atoms with Gasteiger partial charge in [0.25, 0.3) is 0 Å². The van der Waals surface area contributed by atoms with Crippen LogP contribution in [0.25, 0.3) is 0 Å². The number of aromatic nitrogens is 2. The van der Waals surface area contributed by atoms with Crippen LogP contribution in [0.5, 0.6) is 0 Å². The van der Waals surface area contributed by atoms with E-state index >= 15 is 0 Å². The van der Waals surface area contributed by atoms with Crippen molar-refractivity contribution in [2.75, 3.05) is 24.5 Å². The van der Waals surface area contributed by atoms with Crippen LogP contribution in [0, 0.1) is 11.2 Å². The van der Waals surface area contributed by atoms with Crippen molar-refractivity contribution >= 4 is 11.6 Å². The number of likely N-dealkylation sites (tertiary alicyclic amines) is 1. The van der Waals surface area contributed by atoms with Gasteiger partial charge >= 0.3 is 0 Å². The molecular formula is C19H21FN4O. The van der Waals surface area contributed by atoms with Crippen molar-refractivity contribution in [1.82, 2.24) is 14.9 Å². The number of hydrogen-bond donors (Lipinski definition) is 0. The van der Waals surface area contributed by atoms with Crippen molar-refractivity contribution in [1.29, 1.82) is 0 Å². The molecule has 1 aromatic heterocycles.